The van der Waals surface area contributed by atoms with Gasteiger partial charge in [0.1, 0.15) is 0 Å². The molecule has 0 saturated carbocycles. The second kappa shape index (κ2) is 7.26. The van der Waals surface area contributed by atoms with Gasteiger partial charge in [-0.05, 0) is 43.0 Å². The number of aryl methyl sites for hydroxylation is 1. The molecule has 3 aliphatic heterocycles. The fourth-order valence-electron chi connectivity index (χ4n) is 5.91. The van der Waals surface area contributed by atoms with Gasteiger partial charge in [0.05, 0.1) is 5.41 Å². The van der Waals surface area contributed by atoms with Crippen molar-refractivity contribution < 1.29 is 4.79 Å². The van der Waals surface area contributed by atoms with Gasteiger partial charge in [-0.1, -0.05) is 54.6 Å². The van der Waals surface area contributed by atoms with Gasteiger partial charge in [0.25, 0.3) is 0 Å². The van der Waals surface area contributed by atoms with E-state index in [9.17, 15) is 4.79 Å². The zero-order valence-electron chi connectivity index (χ0n) is 17.5. The third kappa shape index (κ3) is 3.19. The largest absolute Gasteiger partial charge is 0.341 e. The van der Waals surface area contributed by atoms with Crippen molar-refractivity contribution in [2.75, 3.05) is 39.8 Å². The molecule has 1 N–H and O–H groups in total. The van der Waals surface area contributed by atoms with Crippen LogP contribution in [0.15, 0.2) is 54.6 Å². The van der Waals surface area contributed by atoms with Gasteiger partial charge in [0, 0.05) is 44.7 Å². The lowest BCUT2D eigenvalue weighted by Gasteiger charge is -2.44. The van der Waals surface area contributed by atoms with Crippen molar-refractivity contribution in [2.45, 2.75) is 19.4 Å². The molecule has 0 radical (unpaired) electrons. The summed E-state index contributed by atoms with van der Waals surface area (Å²) in [6.45, 7) is 6.69. The molecule has 3 heterocycles. The van der Waals surface area contributed by atoms with E-state index < -0.39 is 0 Å². The molecule has 0 spiro atoms. The molecule has 3 atom stereocenters. The summed E-state index contributed by atoms with van der Waals surface area (Å²) in [7, 11) is 2.24. The standard InChI is InChI=1S/C25H31N3O/c1-18-8-6-7-11-21(18)23-22-15-28(14-20(22)13-27(23)2)24(29)25(16-26-17-25)12-19-9-4-3-5-10-19/h3-11,20,22-23,26H,12-17H2,1-2H3/t20-,22+,23-/m0/s1. The monoisotopic (exact) mass is 389 g/mol. The Morgan fingerprint density at radius 2 is 1.76 bits per heavy atom. The molecule has 3 saturated heterocycles. The Bertz CT molecular complexity index is 892. The Morgan fingerprint density at radius 3 is 2.45 bits per heavy atom. The van der Waals surface area contributed by atoms with Crippen LogP contribution in [0.5, 0.6) is 0 Å². The molecule has 0 bridgehead atoms. The second-order valence-electron chi connectivity index (χ2n) is 9.42. The Morgan fingerprint density at radius 1 is 1.03 bits per heavy atom. The fraction of sp³-hybridized carbons (Fsp3) is 0.480. The number of carbonyl (C=O) groups excluding carboxylic acids is 1. The first kappa shape index (κ1) is 18.8. The molecule has 152 valence electrons. The lowest BCUT2D eigenvalue weighted by Crippen LogP contribution is -2.63. The number of nitrogens with zero attached hydrogens (tertiary/aromatic N) is 2. The van der Waals surface area contributed by atoms with Crippen LogP contribution in [0.4, 0.5) is 0 Å². The minimum atomic E-state index is -0.260. The van der Waals surface area contributed by atoms with Gasteiger partial charge in [0.15, 0.2) is 0 Å². The number of carbonyl (C=O) groups is 1. The van der Waals surface area contributed by atoms with Gasteiger partial charge >= 0.3 is 0 Å². The van der Waals surface area contributed by atoms with Gasteiger partial charge in [0.2, 0.25) is 5.91 Å². The van der Waals surface area contributed by atoms with E-state index in [1.807, 2.05) is 6.07 Å². The fourth-order valence-corrected chi connectivity index (χ4v) is 5.91. The molecule has 4 nitrogen and oxygen atoms in total. The van der Waals surface area contributed by atoms with Crippen LogP contribution in [0.2, 0.25) is 0 Å². The number of fused-ring (bicyclic) bond motifs is 1. The smallest absolute Gasteiger partial charge is 0.231 e. The highest BCUT2D eigenvalue weighted by molar-refractivity contribution is 5.85. The number of amides is 1. The quantitative estimate of drug-likeness (QED) is 0.873. The highest BCUT2D eigenvalue weighted by atomic mass is 16.2. The van der Waals surface area contributed by atoms with Crippen LogP contribution in [0.3, 0.4) is 0 Å². The highest BCUT2D eigenvalue weighted by Crippen LogP contribution is 2.46. The average molecular weight is 390 g/mol. The molecular weight excluding hydrogens is 358 g/mol. The van der Waals surface area contributed by atoms with Crippen molar-refractivity contribution in [3.05, 3.63) is 71.3 Å². The minimum Gasteiger partial charge on any atom is -0.341 e. The number of likely N-dealkylation sites (tertiary alicyclic amines) is 2. The second-order valence-corrected chi connectivity index (χ2v) is 9.42. The molecule has 4 heteroatoms. The summed E-state index contributed by atoms with van der Waals surface area (Å²) in [5.41, 5.74) is 3.79. The summed E-state index contributed by atoms with van der Waals surface area (Å²) in [5, 5.41) is 3.37. The van der Waals surface area contributed by atoms with Gasteiger partial charge in [-0.15, -0.1) is 0 Å². The lowest BCUT2D eigenvalue weighted by atomic mass is 9.75. The van der Waals surface area contributed by atoms with Gasteiger partial charge in [-0.25, -0.2) is 0 Å². The van der Waals surface area contributed by atoms with E-state index in [0.717, 1.165) is 39.1 Å². The lowest BCUT2D eigenvalue weighted by molar-refractivity contribution is -0.144. The Balaban J connectivity index is 1.35. The normalized spacial score (nSPS) is 28.2. The maximum Gasteiger partial charge on any atom is 0.231 e. The van der Waals surface area contributed by atoms with E-state index in [-0.39, 0.29) is 5.41 Å². The number of rotatable bonds is 4. The topological polar surface area (TPSA) is 35.6 Å². The van der Waals surface area contributed by atoms with E-state index in [2.05, 4.69) is 77.6 Å². The number of hydrogen-bond donors (Lipinski definition) is 1. The molecular formula is C25H31N3O. The van der Waals surface area contributed by atoms with Gasteiger partial charge in [-0.2, -0.15) is 0 Å². The highest BCUT2D eigenvalue weighted by Gasteiger charge is 2.52. The summed E-state index contributed by atoms with van der Waals surface area (Å²) in [4.78, 5) is 18.3. The number of benzene rings is 2. The molecule has 2 aromatic rings. The Hall–Kier alpha value is -2.17. The van der Waals surface area contributed by atoms with Crippen LogP contribution >= 0.6 is 0 Å². The van der Waals surface area contributed by atoms with Crippen molar-refractivity contribution in [3.63, 3.8) is 0 Å². The van der Waals surface area contributed by atoms with Gasteiger partial charge < -0.3 is 10.2 Å². The Labute approximate surface area is 173 Å². The van der Waals surface area contributed by atoms with Crippen molar-refractivity contribution in [1.82, 2.24) is 15.1 Å². The summed E-state index contributed by atoms with van der Waals surface area (Å²) >= 11 is 0. The van der Waals surface area contributed by atoms with Crippen LogP contribution in [0, 0.1) is 24.2 Å². The summed E-state index contributed by atoms with van der Waals surface area (Å²) in [6, 6.07) is 19.7. The molecule has 3 fully saturated rings. The van der Waals surface area contributed by atoms with Crippen molar-refractivity contribution >= 4 is 5.91 Å². The molecule has 3 aliphatic rings. The van der Waals surface area contributed by atoms with Crippen molar-refractivity contribution in [2.24, 2.45) is 17.3 Å². The first-order valence-electron chi connectivity index (χ1n) is 10.9. The molecule has 0 aromatic heterocycles. The van der Waals surface area contributed by atoms with Crippen LogP contribution in [0.25, 0.3) is 0 Å². The van der Waals surface area contributed by atoms with Gasteiger partial charge in [-0.3, -0.25) is 9.69 Å². The first-order valence-corrected chi connectivity index (χ1v) is 10.9. The van der Waals surface area contributed by atoms with E-state index in [1.165, 1.54) is 16.7 Å². The van der Waals surface area contributed by atoms with E-state index in [0.29, 0.717) is 23.8 Å². The molecule has 5 rings (SSSR count). The predicted octanol–water partition coefficient (Wildman–Crippen LogP) is 2.89. The van der Waals surface area contributed by atoms with Crippen molar-refractivity contribution in [1.29, 1.82) is 0 Å². The summed E-state index contributed by atoms with van der Waals surface area (Å²) < 4.78 is 0. The molecule has 0 aliphatic carbocycles. The summed E-state index contributed by atoms with van der Waals surface area (Å²) in [6.07, 6.45) is 0.840. The third-order valence-corrected chi connectivity index (χ3v) is 7.45. The zero-order chi connectivity index (χ0) is 20.0. The maximum absolute atomic E-state index is 13.6. The number of hydrogen-bond acceptors (Lipinski definition) is 3. The van der Waals surface area contributed by atoms with Crippen LogP contribution in [-0.4, -0.2) is 55.5 Å². The van der Waals surface area contributed by atoms with Crippen LogP contribution in [-0.2, 0) is 11.2 Å². The molecule has 2 aromatic carbocycles. The molecule has 29 heavy (non-hydrogen) atoms. The first-order chi connectivity index (χ1) is 14.1. The minimum absolute atomic E-state index is 0.260. The average Bonchev–Trinajstić information content (AvgIpc) is 3.22. The van der Waals surface area contributed by atoms with E-state index in [1.54, 1.807) is 0 Å². The zero-order valence-corrected chi connectivity index (χ0v) is 17.5. The predicted molar refractivity (Wildman–Crippen MR) is 116 cm³/mol. The Kier molecular flexibility index (Phi) is 4.72. The van der Waals surface area contributed by atoms with E-state index in [4.69, 9.17) is 0 Å². The molecule has 1 amide bonds. The van der Waals surface area contributed by atoms with E-state index >= 15 is 0 Å². The summed E-state index contributed by atoms with van der Waals surface area (Å²) in [5.74, 6) is 1.47. The molecule has 0 unspecified atom stereocenters. The SMILES string of the molecule is Cc1ccccc1[C@H]1[C@@H]2CN(C(=O)C3(Cc4ccccc4)CNC3)C[C@@H]2CN1C. The van der Waals surface area contributed by atoms with Crippen molar-refractivity contribution in [3.8, 4) is 0 Å². The maximum atomic E-state index is 13.6. The third-order valence-electron chi connectivity index (χ3n) is 7.45. The van der Waals surface area contributed by atoms with Crippen LogP contribution < -0.4 is 5.32 Å². The number of nitrogens with one attached hydrogen (secondary N) is 1. The van der Waals surface area contributed by atoms with Crippen LogP contribution in [0.1, 0.15) is 22.7 Å².